The highest BCUT2D eigenvalue weighted by Gasteiger charge is 2.40. The van der Waals surface area contributed by atoms with Crippen molar-refractivity contribution in [1.29, 1.82) is 0 Å². The van der Waals surface area contributed by atoms with Gasteiger partial charge in [0.2, 0.25) is 5.91 Å². The lowest BCUT2D eigenvalue weighted by Crippen LogP contribution is -2.35. The first-order chi connectivity index (χ1) is 11.4. The second-order valence-electron chi connectivity index (χ2n) is 6.58. The minimum atomic E-state index is -0.516. The Kier molecular flexibility index (Phi) is 4.14. The summed E-state index contributed by atoms with van der Waals surface area (Å²) in [5, 5.41) is 3.25. The highest BCUT2D eigenvalue weighted by Crippen LogP contribution is 2.29. The van der Waals surface area contributed by atoms with Gasteiger partial charge >= 0.3 is 0 Å². The van der Waals surface area contributed by atoms with Gasteiger partial charge in [0.05, 0.1) is 12.1 Å². The van der Waals surface area contributed by atoms with Gasteiger partial charge in [0.25, 0.3) is 5.91 Å². The molecule has 1 heterocycles. The zero-order valence-corrected chi connectivity index (χ0v) is 14.5. The zero-order chi connectivity index (χ0) is 17.4. The van der Waals surface area contributed by atoms with E-state index in [9.17, 15) is 9.59 Å². The van der Waals surface area contributed by atoms with Crippen molar-refractivity contribution in [1.82, 2.24) is 0 Å². The Hall–Kier alpha value is -2.62. The van der Waals surface area contributed by atoms with E-state index in [2.05, 4.69) is 5.32 Å². The minimum absolute atomic E-state index is 0.156. The van der Waals surface area contributed by atoms with Crippen LogP contribution in [0.1, 0.15) is 28.7 Å². The number of nitrogens with zero attached hydrogens (tertiary/aromatic N) is 1. The lowest BCUT2D eigenvalue weighted by molar-refractivity contribution is -0.121. The molecule has 1 fully saturated rings. The van der Waals surface area contributed by atoms with Crippen LogP contribution >= 0.6 is 0 Å². The van der Waals surface area contributed by atoms with E-state index in [-0.39, 0.29) is 18.2 Å². The Morgan fingerprint density at radius 2 is 1.54 bits per heavy atom. The van der Waals surface area contributed by atoms with E-state index in [1.165, 1.54) is 4.90 Å². The van der Waals surface area contributed by atoms with Gasteiger partial charge in [-0.15, -0.1) is 0 Å². The van der Waals surface area contributed by atoms with Crippen LogP contribution in [0.4, 0.5) is 11.4 Å². The molecule has 0 unspecified atom stereocenters. The summed E-state index contributed by atoms with van der Waals surface area (Å²) in [6, 6.07) is 11.4. The van der Waals surface area contributed by atoms with E-state index in [0.717, 1.165) is 27.9 Å². The molecule has 2 aromatic rings. The molecule has 0 saturated carbocycles. The highest BCUT2D eigenvalue weighted by molar-refractivity contribution is 6.23. The molecule has 0 aliphatic carbocycles. The summed E-state index contributed by atoms with van der Waals surface area (Å²) in [6.07, 6.45) is 0.180. The quantitative estimate of drug-likeness (QED) is 0.877. The van der Waals surface area contributed by atoms with Crippen LogP contribution in [0.25, 0.3) is 0 Å². The van der Waals surface area contributed by atoms with E-state index in [4.69, 9.17) is 0 Å². The van der Waals surface area contributed by atoms with Crippen molar-refractivity contribution in [2.75, 3.05) is 10.2 Å². The van der Waals surface area contributed by atoms with Crippen LogP contribution in [-0.2, 0) is 9.59 Å². The van der Waals surface area contributed by atoms with Crippen molar-refractivity contribution in [2.45, 2.75) is 40.2 Å². The standard InChI is InChI=1S/C20H22N2O2/c1-12-5-7-14(3)16(9-12)21-17-11-19(23)22(20(17)24)18-10-13(2)6-8-15(18)4/h5-10,17,21H,11H2,1-4H3/t17-/m0/s1. The van der Waals surface area contributed by atoms with Gasteiger partial charge in [-0.25, -0.2) is 4.90 Å². The largest absolute Gasteiger partial charge is 0.373 e. The fourth-order valence-corrected chi connectivity index (χ4v) is 3.04. The van der Waals surface area contributed by atoms with E-state index >= 15 is 0 Å². The molecule has 2 amide bonds. The first-order valence-corrected chi connectivity index (χ1v) is 8.14. The second-order valence-corrected chi connectivity index (χ2v) is 6.58. The summed E-state index contributed by atoms with van der Waals surface area (Å²) in [5.74, 6) is -0.342. The van der Waals surface area contributed by atoms with Gasteiger partial charge in [-0.2, -0.15) is 0 Å². The van der Waals surface area contributed by atoms with E-state index < -0.39 is 6.04 Å². The van der Waals surface area contributed by atoms with Gasteiger partial charge < -0.3 is 5.32 Å². The highest BCUT2D eigenvalue weighted by atomic mass is 16.2. The third-order valence-electron chi connectivity index (χ3n) is 4.47. The lowest BCUT2D eigenvalue weighted by atomic mass is 10.1. The van der Waals surface area contributed by atoms with E-state index in [1.807, 2.05) is 64.1 Å². The second kappa shape index (κ2) is 6.11. The predicted octanol–water partition coefficient (Wildman–Crippen LogP) is 3.66. The Bertz CT molecular complexity index is 826. The van der Waals surface area contributed by atoms with Crippen molar-refractivity contribution in [3.63, 3.8) is 0 Å². The topological polar surface area (TPSA) is 49.4 Å². The Labute approximate surface area is 142 Å². The van der Waals surface area contributed by atoms with Crippen molar-refractivity contribution < 1.29 is 9.59 Å². The SMILES string of the molecule is Cc1ccc(C)c(N[C@H]2CC(=O)N(c3cc(C)ccc3C)C2=O)c1. The molecule has 1 aliphatic heterocycles. The summed E-state index contributed by atoms with van der Waals surface area (Å²) in [7, 11) is 0. The molecule has 0 bridgehead atoms. The average molecular weight is 322 g/mol. The number of benzene rings is 2. The zero-order valence-electron chi connectivity index (χ0n) is 14.5. The number of carbonyl (C=O) groups excluding carboxylic acids is 2. The van der Waals surface area contributed by atoms with E-state index in [0.29, 0.717) is 5.69 Å². The fraction of sp³-hybridized carbons (Fsp3) is 0.300. The Balaban J connectivity index is 1.89. The number of nitrogens with one attached hydrogen (secondary N) is 1. The monoisotopic (exact) mass is 322 g/mol. The smallest absolute Gasteiger partial charge is 0.256 e. The maximum absolute atomic E-state index is 12.8. The van der Waals surface area contributed by atoms with Gasteiger partial charge in [0, 0.05) is 5.69 Å². The van der Waals surface area contributed by atoms with Gasteiger partial charge in [0.1, 0.15) is 6.04 Å². The number of anilines is 2. The van der Waals surface area contributed by atoms with Crippen LogP contribution in [0, 0.1) is 27.7 Å². The van der Waals surface area contributed by atoms with Gasteiger partial charge in [-0.1, -0.05) is 24.3 Å². The molecule has 1 atom stereocenters. The van der Waals surface area contributed by atoms with E-state index in [1.54, 1.807) is 0 Å². The molecule has 1 saturated heterocycles. The van der Waals surface area contributed by atoms with Crippen LogP contribution in [0.5, 0.6) is 0 Å². The molecular weight excluding hydrogens is 300 g/mol. The number of hydrogen-bond donors (Lipinski definition) is 1. The maximum atomic E-state index is 12.8. The Morgan fingerprint density at radius 1 is 0.917 bits per heavy atom. The van der Waals surface area contributed by atoms with Gasteiger partial charge in [-0.05, 0) is 62.1 Å². The first-order valence-electron chi connectivity index (χ1n) is 8.14. The van der Waals surface area contributed by atoms with Crippen LogP contribution in [0.2, 0.25) is 0 Å². The summed E-state index contributed by atoms with van der Waals surface area (Å²) in [4.78, 5) is 26.6. The molecule has 1 aliphatic rings. The van der Waals surface area contributed by atoms with Crippen LogP contribution in [0.3, 0.4) is 0 Å². The van der Waals surface area contributed by atoms with Gasteiger partial charge in [0.15, 0.2) is 0 Å². The molecule has 0 spiro atoms. The summed E-state index contributed by atoms with van der Waals surface area (Å²) in [5.41, 5.74) is 5.73. The first kappa shape index (κ1) is 16.2. The average Bonchev–Trinajstić information content (AvgIpc) is 2.80. The normalized spacial score (nSPS) is 17.5. The van der Waals surface area contributed by atoms with Crippen molar-refractivity contribution in [2.24, 2.45) is 0 Å². The number of imide groups is 1. The molecule has 4 nitrogen and oxygen atoms in total. The predicted molar refractivity (Wildman–Crippen MR) is 96.4 cm³/mol. The molecule has 0 aromatic heterocycles. The van der Waals surface area contributed by atoms with Crippen molar-refractivity contribution in [3.8, 4) is 0 Å². The van der Waals surface area contributed by atoms with Crippen LogP contribution in [0.15, 0.2) is 36.4 Å². The molecular formula is C20H22N2O2. The maximum Gasteiger partial charge on any atom is 0.256 e. The Morgan fingerprint density at radius 3 is 2.25 bits per heavy atom. The lowest BCUT2D eigenvalue weighted by Gasteiger charge is -2.19. The van der Waals surface area contributed by atoms with Crippen molar-refractivity contribution in [3.05, 3.63) is 58.7 Å². The summed E-state index contributed by atoms with van der Waals surface area (Å²) < 4.78 is 0. The third-order valence-corrected chi connectivity index (χ3v) is 4.47. The molecule has 1 N–H and O–H groups in total. The number of carbonyl (C=O) groups is 2. The fourth-order valence-electron chi connectivity index (χ4n) is 3.04. The molecule has 2 aromatic carbocycles. The third kappa shape index (κ3) is 2.92. The molecule has 0 radical (unpaired) electrons. The van der Waals surface area contributed by atoms with Crippen LogP contribution < -0.4 is 10.2 Å². The number of aryl methyl sites for hydroxylation is 4. The molecule has 24 heavy (non-hydrogen) atoms. The number of amides is 2. The minimum Gasteiger partial charge on any atom is -0.373 e. The van der Waals surface area contributed by atoms with Crippen molar-refractivity contribution >= 4 is 23.2 Å². The molecule has 124 valence electrons. The number of rotatable bonds is 3. The van der Waals surface area contributed by atoms with Gasteiger partial charge in [-0.3, -0.25) is 9.59 Å². The molecule has 3 rings (SSSR count). The summed E-state index contributed by atoms with van der Waals surface area (Å²) in [6.45, 7) is 7.88. The summed E-state index contributed by atoms with van der Waals surface area (Å²) >= 11 is 0. The van der Waals surface area contributed by atoms with Crippen LogP contribution in [-0.4, -0.2) is 17.9 Å². The number of hydrogen-bond acceptors (Lipinski definition) is 3. The molecule has 4 heteroatoms.